The summed E-state index contributed by atoms with van der Waals surface area (Å²) in [5.74, 6) is -0.225. The summed E-state index contributed by atoms with van der Waals surface area (Å²) in [6, 6.07) is 15.7. The zero-order valence-corrected chi connectivity index (χ0v) is 16.7. The van der Waals surface area contributed by atoms with Crippen molar-refractivity contribution in [3.8, 4) is 5.75 Å². The first-order valence-electron chi connectivity index (χ1n) is 10.0. The van der Waals surface area contributed by atoms with Crippen LogP contribution in [-0.4, -0.2) is 23.1 Å². The van der Waals surface area contributed by atoms with Gasteiger partial charge >= 0.3 is 12.0 Å². The number of carboxylic acids is 1. The number of carbonyl (C=O) groups is 2. The lowest BCUT2D eigenvalue weighted by atomic mass is 9.86. The molecule has 1 aliphatic carbocycles. The van der Waals surface area contributed by atoms with E-state index in [-0.39, 0.29) is 18.0 Å². The van der Waals surface area contributed by atoms with E-state index in [0.29, 0.717) is 38.8 Å². The molecule has 6 nitrogen and oxygen atoms in total. The summed E-state index contributed by atoms with van der Waals surface area (Å²) in [5.41, 5.74) is 3.32. The molecular formula is C23H28N2O4. The van der Waals surface area contributed by atoms with Gasteiger partial charge in [-0.3, -0.25) is 4.79 Å². The number of urea groups is 1. The Labute approximate surface area is 171 Å². The summed E-state index contributed by atoms with van der Waals surface area (Å²) < 4.78 is 5.81. The minimum Gasteiger partial charge on any atom is -0.489 e. The molecule has 3 N–H and O–H groups in total. The molecule has 6 heteroatoms. The molecule has 0 heterocycles. The maximum Gasteiger partial charge on any atom is 0.315 e. The molecule has 2 aromatic rings. The van der Waals surface area contributed by atoms with Crippen LogP contribution in [0.1, 0.15) is 42.4 Å². The average molecular weight is 396 g/mol. The number of ether oxygens (including phenoxy) is 1. The van der Waals surface area contributed by atoms with Crippen LogP contribution in [-0.2, 0) is 17.9 Å². The van der Waals surface area contributed by atoms with E-state index in [1.807, 2.05) is 36.4 Å². The quantitative estimate of drug-likeness (QED) is 0.660. The van der Waals surface area contributed by atoms with Gasteiger partial charge in [-0.2, -0.15) is 0 Å². The number of aryl methyl sites for hydroxylation is 1. The fraction of sp³-hybridized carbons (Fsp3) is 0.391. The molecule has 0 unspecified atom stereocenters. The van der Waals surface area contributed by atoms with Gasteiger partial charge in [-0.1, -0.05) is 42.0 Å². The van der Waals surface area contributed by atoms with Gasteiger partial charge in [-0.05, 0) is 55.9 Å². The molecule has 0 aromatic heterocycles. The lowest BCUT2D eigenvalue weighted by Crippen LogP contribution is -2.43. The molecule has 0 aliphatic heterocycles. The van der Waals surface area contributed by atoms with Crippen LogP contribution in [0.5, 0.6) is 5.75 Å². The van der Waals surface area contributed by atoms with Gasteiger partial charge in [0.15, 0.2) is 0 Å². The van der Waals surface area contributed by atoms with E-state index >= 15 is 0 Å². The van der Waals surface area contributed by atoms with Crippen LogP contribution in [0.15, 0.2) is 48.5 Å². The van der Waals surface area contributed by atoms with Gasteiger partial charge in [0.25, 0.3) is 0 Å². The molecule has 154 valence electrons. The van der Waals surface area contributed by atoms with E-state index in [0.717, 1.165) is 16.9 Å². The molecule has 29 heavy (non-hydrogen) atoms. The molecule has 3 rings (SSSR count). The van der Waals surface area contributed by atoms with Crippen molar-refractivity contribution >= 4 is 12.0 Å². The lowest BCUT2D eigenvalue weighted by molar-refractivity contribution is -0.142. The van der Waals surface area contributed by atoms with Crippen molar-refractivity contribution in [3.05, 3.63) is 65.2 Å². The Balaban J connectivity index is 1.38. The van der Waals surface area contributed by atoms with Gasteiger partial charge in [-0.25, -0.2) is 4.79 Å². The van der Waals surface area contributed by atoms with Crippen molar-refractivity contribution in [1.82, 2.24) is 10.6 Å². The summed E-state index contributed by atoms with van der Waals surface area (Å²) in [6.07, 6.45) is 2.64. The molecule has 0 saturated heterocycles. The SMILES string of the molecule is Cc1cccc(COc2ccc(CNC(=O)NC3CCC(C(=O)O)CC3)cc2)c1. The van der Waals surface area contributed by atoms with Crippen molar-refractivity contribution in [2.75, 3.05) is 0 Å². The van der Waals surface area contributed by atoms with Crippen LogP contribution in [0, 0.1) is 12.8 Å². The summed E-state index contributed by atoms with van der Waals surface area (Å²) in [6.45, 7) is 3.00. The van der Waals surface area contributed by atoms with Gasteiger partial charge in [0.05, 0.1) is 5.92 Å². The number of benzene rings is 2. The van der Waals surface area contributed by atoms with Crippen molar-refractivity contribution in [1.29, 1.82) is 0 Å². The number of hydrogen-bond acceptors (Lipinski definition) is 3. The van der Waals surface area contributed by atoms with Gasteiger partial charge in [0.2, 0.25) is 0 Å². The van der Waals surface area contributed by atoms with E-state index in [1.165, 1.54) is 5.56 Å². The first-order valence-corrected chi connectivity index (χ1v) is 10.0. The zero-order chi connectivity index (χ0) is 20.6. The number of rotatable bonds is 7. The third-order valence-electron chi connectivity index (χ3n) is 5.28. The van der Waals surface area contributed by atoms with Crippen LogP contribution >= 0.6 is 0 Å². The fourth-order valence-electron chi connectivity index (χ4n) is 3.58. The van der Waals surface area contributed by atoms with Gasteiger partial charge in [0.1, 0.15) is 12.4 Å². The standard InChI is InChI=1S/C23H28N2O4/c1-16-3-2-4-18(13-16)15-29-21-11-5-17(6-12-21)14-24-23(28)25-20-9-7-19(8-10-20)22(26)27/h2-6,11-13,19-20H,7-10,14-15H2,1H3,(H,26,27)(H2,24,25,28). The monoisotopic (exact) mass is 396 g/mol. The van der Waals surface area contributed by atoms with Crippen molar-refractivity contribution in [2.45, 2.75) is 51.8 Å². The number of carboxylic acid groups (broad SMARTS) is 1. The zero-order valence-electron chi connectivity index (χ0n) is 16.7. The Morgan fingerprint density at radius 3 is 2.41 bits per heavy atom. The minimum atomic E-state index is -0.737. The summed E-state index contributed by atoms with van der Waals surface area (Å²) in [5, 5.41) is 14.8. The number of aliphatic carboxylic acids is 1. The number of amides is 2. The predicted octanol–water partition coefficient (Wildman–Crippen LogP) is 4.02. The molecule has 0 spiro atoms. The smallest absolute Gasteiger partial charge is 0.315 e. The van der Waals surface area contributed by atoms with Crippen molar-refractivity contribution in [3.63, 3.8) is 0 Å². The van der Waals surface area contributed by atoms with Crippen LogP contribution in [0.25, 0.3) is 0 Å². The Morgan fingerprint density at radius 1 is 1.03 bits per heavy atom. The molecule has 0 bridgehead atoms. The van der Waals surface area contributed by atoms with Crippen LogP contribution < -0.4 is 15.4 Å². The highest BCUT2D eigenvalue weighted by Gasteiger charge is 2.26. The molecule has 2 amide bonds. The molecule has 1 aliphatic rings. The normalized spacial score (nSPS) is 18.7. The van der Waals surface area contributed by atoms with E-state index in [9.17, 15) is 9.59 Å². The predicted molar refractivity (Wildman–Crippen MR) is 111 cm³/mol. The number of hydrogen-bond donors (Lipinski definition) is 3. The number of carbonyl (C=O) groups excluding carboxylic acids is 1. The molecule has 2 aromatic carbocycles. The van der Waals surface area contributed by atoms with E-state index < -0.39 is 5.97 Å². The summed E-state index contributed by atoms with van der Waals surface area (Å²) in [4.78, 5) is 23.1. The van der Waals surface area contributed by atoms with Crippen molar-refractivity contribution in [2.24, 2.45) is 5.92 Å². The third-order valence-corrected chi connectivity index (χ3v) is 5.28. The molecule has 0 atom stereocenters. The van der Waals surface area contributed by atoms with Crippen LogP contribution in [0.4, 0.5) is 4.79 Å². The second kappa shape index (κ2) is 9.96. The molecular weight excluding hydrogens is 368 g/mol. The Bertz CT molecular complexity index is 827. The lowest BCUT2D eigenvalue weighted by Gasteiger charge is -2.26. The topological polar surface area (TPSA) is 87.7 Å². The maximum absolute atomic E-state index is 12.1. The molecule has 1 saturated carbocycles. The van der Waals surface area contributed by atoms with Gasteiger partial charge < -0.3 is 20.5 Å². The average Bonchev–Trinajstić information content (AvgIpc) is 2.72. The second-order valence-electron chi connectivity index (χ2n) is 7.64. The summed E-state index contributed by atoms with van der Waals surface area (Å²) >= 11 is 0. The molecule has 0 radical (unpaired) electrons. The minimum absolute atomic E-state index is 0.0444. The largest absolute Gasteiger partial charge is 0.489 e. The van der Waals surface area contributed by atoms with Crippen LogP contribution in [0.3, 0.4) is 0 Å². The van der Waals surface area contributed by atoms with E-state index in [1.54, 1.807) is 0 Å². The Morgan fingerprint density at radius 2 is 1.76 bits per heavy atom. The van der Waals surface area contributed by atoms with Crippen molar-refractivity contribution < 1.29 is 19.4 Å². The highest BCUT2D eigenvalue weighted by molar-refractivity contribution is 5.74. The first kappa shape index (κ1) is 20.7. The van der Waals surface area contributed by atoms with Gasteiger partial charge in [-0.15, -0.1) is 0 Å². The van der Waals surface area contributed by atoms with E-state index in [4.69, 9.17) is 9.84 Å². The second-order valence-corrected chi connectivity index (χ2v) is 7.64. The third kappa shape index (κ3) is 6.52. The summed E-state index contributed by atoms with van der Waals surface area (Å²) in [7, 11) is 0. The van der Waals surface area contributed by atoms with Gasteiger partial charge in [0, 0.05) is 12.6 Å². The highest BCUT2D eigenvalue weighted by atomic mass is 16.5. The first-order chi connectivity index (χ1) is 14.0. The number of nitrogens with one attached hydrogen (secondary N) is 2. The maximum atomic E-state index is 12.1. The van der Waals surface area contributed by atoms with Crippen LogP contribution in [0.2, 0.25) is 0 Å². The van der Waals surface area contributed by atoms with E-state index in [2.05, 4.69) is 29.7 Å². The fourth-order valence-corrected chi connectivity index (χ4v) is 3.58. The Hall–Kier alpha value is -3.02. The molecule has 1 fully saturated rings. The highest BCUT2D eigenvalue weighted by Crippen LogP contribution is 2.24. The Kier molecular flexibility index (Phi) is 7.11.